The number of nitrogens with one attached hydrogen (secondary N) is 1. The lowest BCUT2D eigenvalue weighted by molar-refractivity contribution is -0.136. The molecule has 2 rings (SSSR count). The number of hydrogen-bond acceptors (Lipinski definition) is 4. The third-order valence-corrected chi connectivity index (χ3v) is 2.73. The molecule has 112 valence electrons. The van der Waals surface area contributed by atoms with Gasteiger partial charge in [0.2, 0.25) is 5.91 Å². The maximum Gasteiger partial charge on any atom is 0.417 e. The molecule has 2 aromatic rings. The van der Waals surface area contributed by atoms with Crippen LogP contribution in [-0.4, -0.2) is 11.9 Å². The summed E-state index contributed by atoms with van der Waals surface area (Å²) in [6.07, 6.45) is -4.68. The van der Waals surface area contributed by atoms with E-state index in [9.17, 15) is 22.8 Å². The molecule has 5 nitrogen and oxygen atoms in total. The Kier molecular flexibility index (Phi) is 3.73. The van der Waals surface area contributed by atoms with E-state index in [2.05, 4.69) is 5.32 Å². The highest BCUT2D eigenvalue weighted by atomic mass is 19.4. The summed E-state index contributed by atoms with van der Waals surface area (Å²) in [5.74, 6) is -0.510. The molecule has 0 fully saturated rings. The lowest BCUT2D eigenvalue weighted by Gasteiger charge is -2.11. The first-order valence-corrected chi connectivity index (χ1v) is 5.90. The Morgan fingerprint density at radius 3 is 2.57 bits per heavy atom. The maximum atomic E-state index is 12.8. The van der Waals surface area contributed by atoms with E-state index in [0.29, 0.717) is 6.07 Å². The summed E-state index contributed by atoms with van der Waals surface area (Å²) < 4.78 is 43.3. The van der Waals surface area contributed by atoms with Crippen molar-refractivity contribution < 1.29 is 22.4 Å². The van der Waals surface area contributed by atoms with Crippen molar-refractivity contribution in [3.8, 4) is 0 Å². The molecule has 1 aromatic heterocycles. The molecule has 0 aliphatic heterocycles. The van der Waals surface area contributed by atoms with Crippen LogP contribution in [0.3, 0.4) is 0 Å². The number of rotatable bonds is 2. The van der Waals surface area contributed by atoms with E-state index in [0.717, 1.165) is 12.1 Å². The summed E-state index contributed by atoms with van der Waals surface area (Å²) in [6, 6.07) is 3.15. The molecule has 1 amide bonds. The van der Waals surface area contributed by atoms with E-state index in [1.165, 1.54) is 13.0 Å². The van der Waals surface area contributed by atoms with Crippen LogP contribution in [0.4, 0.5) is 18.9 Å². The molecule has 3 N–H and O–H groups in total. The van der Waals surface area contributed by atoms with E-state index >= 15 is 0 Å². The van der Waals surface area contributed by atoms with Crippen LogP contribution >= 0.6 is 0 Å². The number of anilines is 1. The van der Waals surface area contributed by atoms with E-state index in [-0.39, 0.29) is 16.7 Å². The summed E-state index contributed by atoms with van der Waals surface area (Å²) in [5, 5.41) is 2.14. The second-order valence-electron chi connectivity index (χ2n) is 4.47. The van der Waals surface area contributed by atoms with Crippen LogP contribution in [0.2, 0.25) is 0 Å². The lowest BCUT2D eigenvalue weighted by atomic mass is 10.1. The summed E-state index contributed by atoms with van der Waals surface area (Å²) in [4.78, 5) is 22.7. The van der Waals surface area contributed by atoms with Gasteiger partial charge in [-0.15, -0.1) is 0 Å². The first-order chi connectivity index (χ1) is 9.68. The molecule has 8 heteroatoms. The molecule has 1 heterocycles. The number of carbonyl (C=O) groups excluding carboxylic acids is 1. The van der Waals surface area contributed by atoms with Crippen molar-refractivity contribution in [3.63, 3.8) is 0 Å². The second kappa shape index (κ2) is 5.21. The Hall–Kier alpha value is -2.35. The molecule has 0 saturated carbocycles. The van der Waals surface area contributed by atoms with Crippen molar-refractivity contribution in [2.75, 3.05) is 5.32 Å². The molecule has 0 spiro atoms. The number of halogens is 3. The zero-order valence-corrected chi connectivity index (χ0v) is 10.8. The van der Waals surface area contributed by atoms with E-state index in [4.69, 9.17) is 10.2 Å². The first-order valence-electron chi connectivity index (χ1n) is 5.90. The standard InChI is InChI=1S/C13H11F3N2O3/c1-6(17)12(20)18-7-2-3-8-9(13(14,15)16)5-11(19)21-10(8)4-7/h2-6H,17H2,1H3,(H,18,20)/t6-/m0/s1. The van der Waals surface area contributed by atoms with Crippen LogP contribution < -0.4 is 16.7 Å². The van der Waals surface area contributed by atoms with Crippen LogP contribution in [0.15, 0.2) is 33.5 Å². The Labute approximate surface area is 116 Å². The average molecular weight is 300 g/mol. The minimum atomic E-state index is -4.68. The van der Waals surface area contributed by atoms with Gasteiger partial charge in [-0.2, -0.15) is 13.2 Å². The zero-order chi connectivity index (χ0) is 15.8. The van der Waals surface area contributed by atoms with Gasteiger partial charge in [0.25, 0.3) is 0 Å². The van der Waals surface area contributed by atoms with Gasteiger partial charge in [0.15, 0.2) is 0 Å². The molecule has 21 heavy (non-hydrogen) atoms. The zero-order valence-electron chi connectivity index (χ0n) is 10.8. The van der Waals surface area contributed by atoms with Gasteiger partial charge < -0.3 is 15.5 Å². The Balaban J connectivity index is 2.55. The number of carbonyl (C=O) groups is 1. The Morgan fingerprint density at radius 1 is 1.33 bits per heavy atom. The van der Waals surface area contributed by atoms with Crippen molar-refractivity contribution in [2.45, 2.75) is 19.1 Å². The normalized spacial score (nSPS) is 13.2. The van der Waals surface area contributed by atoms with Crippen molar-refractivity contribution in [1.29, 1.82) is 0 Å². The van der Waals surface area contributed by atoms with Gasteiger partial charge in [-0.05, 0) is 19.1 Å². The molecule has 0 radical (unpaired) electrons. The molecule has 0 bridgehead atoms. The summed E-state index contributed by atoms with van der Waals surface area (Å²) in [7, 11) is 0. The number of amides is 1. The fourth-order valence-electron chi connectivity index (χ4n) is 1.73. The van der Waals surface area contributed by atoms with Crippen LogP contribution in [0.1, 0.15) is 12.5 Å². The fourth-order valence-corrected chi connectivity index (χ4v) is 1.73. The lowest BCUT2D eigenvalue weighted by Crippen LogP contribution is -2.32. The van der Waals surface area contributed by atoms with E-state index in [1.807, 2.05) is 0 Å². The minimum absolute atomic E-state index is 0.187. The van der Waals surface area contributed by atoms with Gasteiger partial charge >= 0.3 is 11.8 Å². The third-order valence-electron chi connectivity index (χ3n) is 2.73. The van der Waals surface area contributed by atoms with Crippen molar-refractivity contribution in [3.05, 3.63) is 40.2 Å². The molecule has 0 saturated heterocycles. The van der Waals surface area contributed by atoms with Crippen LogP contribution in [0.5, 0.6) is 0 Å². The molecule has 1 atom stereocenters. The molecular formula is C13H11F3N2O3. The van der Waals surface area contributed by atoms with Crippen molar-refractivity contribution in [2.24, 2.45) is 5.73 Å². The SMILES string of the molecule is C[C@H](N)C(=O)Nc1ccc2c(C(F)(F)F)cc(=O)oc2c1. The van der Waals surface area contributed by atoms with E-state index in [1.54, 1.807) is 0 Å². The molecule has 0 aliphatic carbocycles. The topological polar surface area (TPSA) is 85.3 Å². The highest BCUT2D eigenvalue weighted by Gasteiger charge is 2.33. The third kappa shape index (κ3) is 3.22. The van der Waals surface area contributed by atoms with Crippen LogP contribution in [-0.2, 0) is 11.0 Å². The molecule has 0 unspecified atom stereocenters. The highest BCUT2D eigenvalue weighted by molar-refractivity contribution is 5.96. The predicted octanol–water partition coefficient (Wildman–Crippen LogP) is 2.10. The van der Waals surface area contributed by atoms with Gasteiger partial charge in [-0.25, -0.2) is 4.79 Å². The average Bonchev–Trinajstić information content (AvgIpc) is 2.36. The van der Waals surface area contributed by atoms with E-state index < -0.39 is 29.3 Å². The largest absolute Gasteiger partial charge is 0.423 e. The van der Waals surface area contributed by atoms with Gasteiger partial charge in [-0.3, -0.25) is 4.79 Å². The first kappa shape index (κ1) is 15.0. The van der Waals surface area contributed by atoms with Crippen LogP contribution in [0.25, 0.3) is 11.0 Å². The Morgan fingerprint density at radius 2 is 2.00 bits per heavy atom. The Bertz CT molecular complexity index is 750. The summed E-state index contributed by atoms with van der Waals surface area (Å²) >= 11 is 0. The number of nitrogens with two attached hydrogens (primary N) is 1. The minimum Gasteiger partial charge on any atom is -0.423 e. The maximum absolute atomic E-state index is 12.8. The number of benzene rings is 1. The second-order valence-corrected chi connectivity index (χ2v) is 4.47. The number of alkyl halides is 3. The molecular weight excluding hydrogens is 289 g/mol. The summed E-state index contributed by atoms with van der Waals surface area (Å²) in [5.41, 5.74) is 3.08. The van der Waals surface area contributed by atoms with Crippen molar-refractivity contribution >= 4 is 22.6 Å². The van der Waals surface area contributed by atoms with Gasteiger partial charge in [0.1, 0.15) is 5.58 Å². The predicted molar refractivity (Wildman–Crippen MR) is 69.8 cm³/mol. The van der Waals surface area contributed by atoms with Crippen molar-refractivity contribution in [1.82, 2.24) is 0 Å². The monoisotopic (exact) mass is 300 g/mol. The fraction of sp³-hybridized carbons (Fsp3) is 0.231. The van der Waals surface area contributed by atoms with Gasteiger partial charge in [-0.1, -0.05) is 0 Å². The molecule has 0 aliphatic rings. The molecule has 1 aromatic carbocycles. The van der Waals surface area contributed by atoms with Gasteiger partial charge in [0, 0.05) is 23.2 Å². The summed E-state index contributed by atoms with van der Waals surface area (Å²) in [6.45, 7) is 1.46. The highest BCUT2D eigenvalue weighted by Crippen LogP contribution is 2.34. The number of fused-ring (bicyclic) bond motifs is 1. The quantitative estimate of drug-likeness (QED) is 0.832. The van der Waals surface area contributed by atoms with Gasteiger partial charge in [0.05, 0.1) is 11.6 Å². The smallest absolute Gasteiger partial charge is 0.417 e. The number of hydrogen-bond donors (Lipinski definition) is 2. The van der Waals surface area contributed by atoms with Crippen LogP contribution in [0, 0.1) is 0 Å².